The van der Waals surface area contributed by atoms with E-state index in [-0.39, 0.29) is 23.7 Å². The number of para-hydroxylation sites is 1. The fourth-order valence-corrected chi connectivity index (χ4v) is 4.16. The third-order valence-corrected chi connectivity index (χ3v) is 5.86. The summed E-state index contributed by atoms with van der Waals surface area (Å²) < 4.78 is 39.3. The molecule has 1 N–H and O–H groups in total. The highest BCUT2D eigenvalue weighted by Gasteiger charge is 2.38. The van der Waals surface area contributed by atoms with Gasteiger partial charge in [0.25, 0.3) is 11.8 Å². The third kappa shape index (κ3) is 5.16. The molecule has 1 aliphatic rings. The summed E-state index contributed by atoms with van der Waals surface area (Å²) in [5.41, 5.74) is 0.537. The molecule has 4 amide bonds. The van der Waals surface area contributed by atoms with Gasteiger partial charge in [-0.1, -0.05) is 24.3 Å². The Morgan fingerprint density at radius 2 is 1.74 bits per heavy atom. The van der Waals surface area contributed by atoms with E-state index in [9.17, 15) is 23.2 Å². The van der Waals surface area contributed by atoms with Crippen LogP contribution >= 0.6 is 22.6 Å². The van der Waals surface area contributed by atoms with Crippen molar-refractivity contribution < 1.29 is 32.6 Å². The molecular weight excluding hydrogens is 573 g/mol. The number of methoxy groups -OCH3 is 1. The Balaban J connectivity index is 1.64. The zero-order chi connectivity index (χ0) is 25.1. The Hall–Kier alpha value is -3.80. The molecule has 4 rings (SSSR count). The van der Waals surface area contributed by atoms with E-state index in [0.717, 1.165) is 11.6 Å². The van der Waals surface area contributed by atoms with Crippen LogP contribution in [0.5, 0.6) is 11.5 Å². The summed E-state index contributed by atoms with van der Waals surface area (Å²) in [5.74, 6) is -2.26. The second-order valence-electron chi connectivity index (χ2n) is 7.36. The van der Waals surface area contributed by atoms with Gasteiger partial charge in [-0.2, -0.15) is 0 Å². The SMILES string of the molecule is COc1cc(/C=C2/C(=O)NC(=O)N(c3ccccc3F)C2=O)cc(I)c1OCc1ccc(F)cc1. The van der Waals surface area contributed by atoms with Crippen molar-refractivity contribution >= 4 is 52.2 Å². The Bertz CT molecular complexity index is 1360. The van der Waals surface area contributed by atoms with E-state index >= 15 is 0 Å². The molecule has 0 saturated carbocycles. The molecule has 0 aromatic heterocycles. The minimum atomic E-state index is -1.04. The van der Waals surface area contributed by atoms with Gasteiger partial charge in [-0.05, 0) is 76.2 Å². The number of urea groups is 1. The number of anilines is 1. The lowest BCUT2D eigenvalue weighted by Crippen LogP contribution is -2.54. The van der Waals surface area contributed by atoms with Gasteiger partial charge < -0.3 is 9.47 Å². The van der Waals surface area contributed by atoms with Gasteiger partial charge in [0.15, 0.2) is 11.5 Å². The van der Waals surface area contributed by atoms with E-state index in [4.69, 9.17) is 9.47 Å². The zero-order valence-electron chi connectivity index (χ0n) is 18.2. The lowest BCUT2D eigenvalue weighted by Gasteiger charge is -2.26. The van der Waals surface area contributed by atoms with Crippen molar-refractivity contribution in [3.05, 3.63) is 92.6 Å². The van der Waals surface area contributed by atoms with Gasteiger partial charge in [-0.15, -0.1) is 0 Å². The zero-order valence-corrected chi connectivity index (χ0v) is 20.3. The molecule has 7 nitrogen and oxygen atoms in total. The van der Waals surface area contributed by atoms with Crippen molar-refractivity contribution in [2.45, 2.75) is 6.61 Å². The second kappa shape index (κ2) is 10.2. The minimum absolute atomic E-state index is 0.160. The minimum Gasteiger partial charge on any atom is -0.493 e. The van der Waals surface area contributed by atoms with Gasteiger partial charge >= 0.3 is 6.03 Å². The molecule has 10 heteroatoms. The lowest BCUT2D eigenvalue weighted by molar-refractivity contribution is -0.122. The molecule has 35 heavy (non-hydrogen) atoms. The maximum Gasteiger partial charge on any atom is 0.336 e. The summed E-state index contributed by atoms with van der Waals surface area (Å²) in [5, 5.41) is 2.06. The average molecular weight is 590 g/mol. The highest BCUT2D eigenvalue weighted by molar-refractivity contribution is 14.1. The summed E-state index contributed by atoms with van der Waals surface area (Å²) in [7, 11) is 1.43. The largest absolute Gasteiger partial charge is 0.493 e. The number of halogens is 3. The number of nitrogens with one attached hydrogen (secondary N) is 1. The van der Waals surface area contributed by atoms with Crippen LogP contribution in [0.4, 0.5) is 19.3 Å². The maximum atomic E-state index is 14.3. The van der Waals surface area contributed by atoms with E-state index in [1.165, 1.54) is 43.5 Å². The Labute approximate surface area is 212 Å². The molecule has 1 aliphatic heterocycles. The van der Waals surface area contributed by atoms with E-state index in [1.807, 2.05) is 22.6 Å². The molecular formula is C25H17F2IN2O5. The number of nitrogens with zero attached hydrogens (tertiary/aromatic N) is 1. The monoisotopic (exact) mass is 590 g/mol. The molecule has 0 atom stereocenters. The topological polar surface area (TPSA) is 84.9 Å². The number of hydrogen-bond acceptors (Lipinski definition) is 5. The molecule has 3 aromatic rings. The van der Waals surface area contributed by atoms with E-state index in [0.29, 0.717) is 25.5 Å². The van der Waals surface area contributed by atoms with Crippen LogP contribution in [0.2, 0.25) is 0 Å². The summed E-state index contributed by atoms with van der Waals surface area (Å²) in [4.78, 5) is 38.3. The van der Waals surface area contributed by atoms with Gasteiger partial charge in [-0.25, -0.2) is 18.5 Å². The molecule has 0 bridgehead atoms. The van der Waals surface area contributed by atoms with Crippen molar-refractivity contribution in [2.75, 3.05) is 12.0 Å². The summed E-state index contributed by atoms with van der Waals surface area (Å²) in [6, 6.07) is 13.3. The summed E-state index contributed by atoms with van der Waals surface area (Å²) >= 11 is 2.01. The van der Waals surface area contributed by atoms with Gasteiger partial charge in [-0.3, -0.25) is 14.9 Å². The molecule has 1 heterocycles. The second-order valence-corrected chi connectivity index (χ2v) is 8.52. The van der Waals surface area contributed by atoms with Gasteiger partial charge in [0.05, 0.1) is 16.4 Å². The maximum absolute atomic E-state index is 14.3. The molecule has 3 aromatic carbocycles. The number of hydrogen-bond donors (Lipinski definition) is 1. The molecule has 1 saturated heterocycles. The van der Waals surface area contributed by atoms with E-state index in [1.54, 1.807) is 24.3 Å². The number of imide groups is 2. The molecule has 0 aliphatic carbocycles. The quantitative estimate of drug-likeness (QED) is 0.253. The third-order valence-electron chi connectivity index (χ3n) is 5.05. The molecule has 1 fully saturated rings. The van der Waals surface area contributed by atoms with Crippen molar-refractivity contribution in [2.24, 2.45) is 0 Å². The Morgan fingerprint density at radius 1 is 1.03 bits per heavy atom. The number of amides is 4. The number of carbonyl (C=O) groups excluding carboxylic acids is 3. The van der Waals surface area contributed by atoms with Gasteiger partial charge in [0.1, 0.15) is 23.8 Å². The fraction of sp³-hybridized carbons (Fsp3) is 0.0800. The molecule has 0 radical (unpaired) electrons. The number of rotatable bonds is 6. The standard InChI is InChI=1S/C25H17F2IN2O5/c1-34-21-12-15(11-19(28)22(21)35-13-14-6-8-16(26)9-7-14)10-17-23(31)29-25(33)30(24(17)32)20-5-3-2-4-18(20)27/h2-12H,13H2,1H3,(H,29,31,33)/b17-10-. The number of benzene rings is 3. The van der Waals surface area contributed by atoms with Crippen LogP contribution in [0.3, 0.4) is 0 Å². The molecule has 0 unspecified atom stereocenters. The number of ether oxygens (including phenoxy) is 2. The van der Waals surface area contributed by atoms with Crippen LogP contribution in [-0.4, -0.2) is 25.0 Å². The highest BCUT2D eigenvalue weighted by atomic mass is 127. The lowest BCUT2D eigenvalue weighted by atomic mass is 10.1. The number of barbiturate groups is 1. The van der Waals surface area contributed by atoms with Crippen LogP contribution < -0.4 is 19.7 Å². The highest BCUT2D eigenvalue weighted by Crippen LogP contribution is 2.35. The van der Waals surface area contributed by atoms with E-state index in [2.05, 4.69) is 5.32 Å². The predicted octanol–water partition coefficient (Wildman–Crippen LogP) is 4.82. The average Bonchev–Trinajstić information content (AvgIpc) is 2.83. The van der Waals surface area contributed by atoms with Crippen molar-refractivity contribution in [3.63, 3.8) is 0 Å². The molecule has 178 valence electrons. The van der Waals surface area contributed by atoms with Gasteiger partial charge in [0.2, 0.25) is 0 Å². The first-order valence-corrected chi connectivity index (χ1v) is 11.3. The van der Waals surface area contributed by atoms with Crippen LogP contribution in [-0.2, 0) is 16.2 Å². The van der Waals surface area contributed by atoms with Gasteiger partial charge in [0, 0.05) is 0 Å². The van der Waals surface area contributed by atoms with Crippen LogP contribution in [0.25, 0.3) is 6.08 Å². The predicted molar refractivity (Wildman–Crippen MR) is 132 cm³/mol. The first-order chi connectivity index (χ1) is 16.8. The first-order valence-electron chi connectivity index (χ1n) is 10.2. The van der Waals surface area contributed by atoms with Crippen molar-refractivity contribution in [1.29, 1.82) is 0 Å². The summed E-state index contributed by atoms with van der Waals surface area (Å²) in [6.45, 7) is 0.160. The van der Waals surface area contributed by atoms with Crippen molar-refractivity contribution in [3.8, 4) is 11.5 Å². The summed E-state index contributed by atoms with van der Waals surface area (Å²) in [6.07, 6.45) is 1.28. The Morgan fingerprint density at radius 3 is 2.43 bits per heavy atom. The Kier molecular flexibility index (Phi) is 7.10. The smallest absolute Gasteiger partial charge is 0.336 e. The number of carbonyl (C=O) groups is 3. The normalized spacial score (nSPS) is 14.8. The molecule has 0 spiro atoms. The van der Waals surface area contributed by atoms with Crippen LogP contribution in [0.1, 0.15) is 11.1 Å². The van der Waals surface area contributed by atoms with Crippen LogP contribution in [0, 0.1) is 15.2 Å². The van der Waals surface area contributed by atoms with E-state index < -0.39 is 23.7 Å². The fourth-order valence-electron chi connectivity index (χ4n) is 3.38. The first kappa shape index (κ1) is 24.3. The van der Waals surface area contributed by atoms with Crippen molar-refractivity contribution in [1.82, 2.24) is 5.32 Å². The van der Waals surface area contributed by atoms with Crippen LogP contribution in [0.15, 0.2) is 66.2 Å².